The Morgan fingerprint density at radius 3 is 2.63 bits per heavy atom. The molecule has 204 valence electrons. The number of methoxy groups -OCH3 is 1. The summed E-state index contributed by atoms with van der Waals surface area (Å²) in [6.45, 7) is 4.09. The molecule has 9 heteroatoms. The highest BCUT2D eigenvalue weighted by Crippen LogP contribution is 2.37. The number of rotatable bonds is 6. The lowest BCUT2D eigenvalue weighted by Gasteiger charge is -2.15. The van der Waals surface area contributed by atoms with E-state index in [1.54, 1.807) is 30.7 Å². The lowest BCUT2D eigenvalue weighted by atomic mass is 9.91. The van der Waals surface area contributed by atoms with E-state index >= 15 is 4.39 Å². The number of nitrogens with one attached hydrogen (secondary N) is 1. The first-order valence-electron chi connectivity index (χ1n) is 12.9. The van der Waals surface area contributed by atoms with E-state index in [-0.39, 0.29) is 23.7 Å². The monoisotopic (exact) mass is 548 g/mol. The number of carboxylic acid groups (broad SMARTS) is 1. The zero-order chi connectivity index (χ0) is 28.7. The molecule has 0 saturated carbocycles. The van der Waals surface area contributed by atoms with Crippen LogP contribution in [0.4, 0.5) is 16.0 Å². The second kappa shape index (κ2) is 10.3. The Morgan fingerprint density at radius 2 is 1.90 bits per heavy atom. The SMILES string of the molecule is COc1cc(Nc2ncc3c(n2)-c2ccc(-c4occc4C)cc2C(c2c(C)cccc2F)=NC3)ccc1C(=O)O. The summed E-state index contributed by atoms with van der Waals surface area (Å²) in [7, 11) is 1.41. The van der Waals surface area contributed by atoms with Gasteiger partial charge in [0, 0.05) is 45.8 Å². The van der Waals surface area contributed by atoms with Crippen LogP contribution >= 0.6 is 0 Å². The third kappa shape index (κ3) is 4.71. The number of fused-ring (bicyclic) bond motifs is 3. The van der Waals surface area contributed by atoms with Gasteiger partial charge in [-0.15, -0.1) is 0 Å². The molecule has 2 N–H and O–H groups in total. The number of ether oxygens (including phenoxy) is 1. The highest BCUT2D eigenvalue weighted by molar-refractivity contribution is 6.18. The van der Waals surface area contributed by atoms with Gasteiger partial charge in [0.05, 0.1) is 31.3 Å². The lowest BCUT2D eigenvalue weighted by molar-refractivity contribution is 0.0693. The van der Waals surface area contributed by atoms with Gasteiger partial charge in [-0.1, -0.05) is 24.3 Å². The fourth-order valence-electron chi connectivity index (χ4n) is 5.04. The molecular formula is C32H25FN4O4. The minimum absolute atomic E-state index is 0.0468. The highest BCUT2D eigenvalue weighted by Gasteiger charge is 2.25. The van der Waals surface area contributed by atoms with Crippen LogP contribution in [0, 0.1) is 19.7 Å². The number of hydrogen-bond donors (Lipinski definition) is 2. The number of carboxylic acids is 1. The standard InChI is InChI=1S/C32H25FN4O4/c1-17-5-4-6-25(33)27(17)29-24-13-19(30-18(2)11-12-41-30)7-9-22(24)28-20(15-34-29)16-35-32(37-28)36-21-8-10-23(31(38)39)26(14-21)40-3/h4-14,16H,15H2,1-3H3,(H,38,39)(H,35,36,37). The van der Waals surface area contributed by atoms with Crippen molar-refractivity contribution in [3.05, 3.63) is 112 Å². The van der Waals surface area contributed by atoms with Gasteiger partial charge in [0.15, 0.2) is 0 Å². The molecule has 0 spiro atoms. The Labute approximate surface area is 235 Å². The molecule has 0 aliphatic carbocycles. The van der Waals surface area contributed by atoms with E-state index in [2.05, 4.69) is 10.3 Å². The lowest BCUT2D eigenvalue weighted by Crippen LogP contribution is -2.10. The number of nitrogens with zero attached hydrogens (tertiary/aromatic N) is 3. The van der Waals surface area contributed by atoms with Crippen LogP contribution in [-0.4, -0.2) is 33.9 Å². The second-order valence-corrected chi connectivity index (χ2v) is 9.70. The Bertz CT molecular complexity index is 1840. The van der Waals surface area contributed by atoms with E-state index in [9.17, 15) is 9.90 Å². The Kier molecular flexibility index (Phi) is 6.55. The molecule has 0 atom stereocenters. The van der Waals surface area contributed by atoms with Gasteiger partial charge in [0.2, 0.25) is 5.95 Å². The van der Waals surface area contributed by atoms with E-state index < -0.39 is 5.97 Å². The van der Waals surface area contributed by atoms with E-state index in [0.717, 1.165) is 39.1 Å². The number of carbonyl (C=O) groups is 1. The Morgan fingerprint density at radius 1 is 1.05 bits per heavy atom. The van der Waals surface area contributed by atoms with Crippen molar-refractivity contribution in [1.82, 2.24) is 9.97 Å². The number of furan rings is 1. The molecule has 41 heavy (non-hydrogen) atoms. The molecule has 2 aromatic heterocycles. The van der Waals surface area contributed by atoms with Gasteiger partial charge in [0.1, 0.15) is 22.9 Å². The summed E-state index contributed by atoms with van der Waals surface area (Å²) in [5.41, 5.74) is 7.10. The van der Waals surface area contributed by atoms with Crippen molar-refractivity contribution in [1.29, 1.82) is 0 Å². The molecule has 0 radical (unpaired) electrons. The smallest absolute Gasteiger partial charge is 0.339 e. The van der Waals surface area contributed by atoms with Crippen molar-refractivity contribution < 1.29 is 23.4 Å². The van der Waals surface area contributed by atoms with Gasteiger partial charge in [-0.2, -0.15) is 0 Å². The zero-order valence-corrected chi connectivity index (χ0v) is 22.5. The Hall–Kier alpha value is -5.31. The highest BCUT2D eigenvalue weighted by atomic mass is 19.1. The average Bonchev–Trinajstić information content (AvgIpc) is 3.33. The largest absolute Gasteiger partial charge is 0.496 e. The number of aryl methyl sites for hydroxylation is 2. The van der Waals surface area contributed by atoms with Crippen molar-refractivity contribution in [3.8, 4) is 28.3 Å². The number of aromatic carboxylic acids is 1. The molecule has 0 amide bonds. The first-order chi connectivity index (χ1) is 19.8. The van der Waals surface area contributed by atoms with Gasteiger partial charge in [-0.25, -0.2) is 19.2 Å². The van der Waals surface area contributed by atoms with Crippen LogP contribution in [0.2, 0.25) is 0 Å². The molecule has 8 nitrogen and oxygen atoms in total. The minimum atomic E-state index is -1.09. The summed E-state index contributed by atoms with van der Waals surface area (Å²) in [6, 6.07) is 17.4. The summed E-state index contributed by atoms with van der Waals surface area (Å²) >= 11 is 0. The molecule has 3 heterocycles. The zero-order valence-electron chi connectivity index (χ0n) is 22.5. The van der Waals surface area contributed by atoms with Crippen LogP contribution in [-0.2, 0) is 6.54 Å². The van der Waals surface area contributed by atoms with Crippen molar-refractivity contribution in [2.75, 3.05) is 12.4 Å². The molecule has 5 aromatic rings. The third-order valence-corrected chi connectivity index (χ3v) is 7.07. The normalized spacial score (nSPS) is 12.1. The van der Waals surface area contributed by atoms with Gasteiger partial charge >= 0.3 is 5.97 Å². The Balaban J connectivity index is 1.49. The van der Waals surface area contributed by atoms with Crippen LogP contribution in [0.3, 0.4) is 0 Å². The van der Waals surface area contributed by atoms with Crippen molar-refractivity contribution in [2.24, 2.45) is 4.99 Å². The number of aromatic nitrogens is 2. The molecule has 0 saturated heterocycles. The van der Waals surface area contributed by atoms with Crippen LogP contribution < -0.4 is 10.1 Å². The number of anilines is 2. The van der Waals surface area contributed by atoms with E-state index in [0.29, 0.717) is 28.6 Å². The van der Waals surface area contributed by atoms with Crippen LogP contribution in [0.5, 0.6) is 5.75 Å². The summed E-state index contributed by atoms with van der Waals surface area (Å²) < 4.78 is 26.3. The second-order valence-electron chi connectivity index (χ2n) is 9.70. The predicted octanol–water partition coefficient (Wildman–Crippen LogP) is 6.96. The molecule has 1 aliphatic heterocycles. The molecule has 0 fully saturated rings. The fourth-order valence-corrected chi connectivity index (χ4v) is 5.04. The maximum Gasteiger partial charge on any atom is 0.339 e. The summed E-state index contributed by atoms with van der Waals surface area (Å²) in [5, 5.41) is 12.5. The van der Waals surface area contributed by atoms with Crippen molar-refractivity contribution in [2.45, 2.75) is 20.4 Å². The number of hydrogen-bond acceptors (Lipinski definition) is 7. The van der Waals surface area contributed by atoms with Crippen molar-refractivity contribution >= 4 is 23.3 Å². The van der Waals surface area contributed by atoms with E-state index in [1.807, 2.05) is 44.2 Å². The number of benzene rings is 3. The quantitative estimate of drug-likeness (QED) is 0.236. The summed E-state index contributed by atoms with van der Waals surface area (Å²) in [6.07, 6.45) is 3.34. The molecule has 1 aliphatic rings. The topological polar surface area (TPSA) is 110 Å². The first-order valence-corrected chi connectivity index (χ1v) is 12.9. The van der Waals surface area contributed by atoms with Crippen LogP contribution in [0.15, 0.2) is 82.5 Å². The first kappa shape index (κ1) is 25.9. The average molecular weight is 549 g/mol. The summed E-state index contributed by atoms with van der Waals surface area (Å²) in [4.78, 5) is 25.7. The van der Waals surface area contributed by atoms with E-state index in [4.69, 9.17) is 19.1 Å². The van der Waals surface area contributed by atoms with Gasteiger partial charge < -0.3 is 19.6 Å². The molecule has 6 rings (SSSR count). The van der Waals surface area contributed by atoms with E-state index in [1.165, 1.54) is 19.2 Å². The van der Waals surface area contributed by atoms with Crippen LogP contribution in [0.25, 0.3) is 22.6 Å². The number of halogens is 1. The predicted molar refractivity (Wildman–Crippen MR) is 154 cm³/mol. The van der Waals surface area contributed by atoms with Crippen molar-refractivity contribution in [3.63, 3.8) is 0 Å². The molecule has 0 unspecified atom stereocenters. The van der Waals surface area contributed by atoms with Gasteiger partial charge in [-0.3, -0.25) is 4.99 Å². The minimum Gasteiger partial charge on any atom is -0.496 e. The van der Waals surface area contributed by atoms with Gasteiger partial charge in [0.25, 0.3) is 0 Å². The maximum absolute atomic E-state index is 15.3. The molecule has 0 bridgehead atoms. The summed E-state index contributed by atoms with van der Waals surface area (Å²) in [5.74, 6) is -0.202. The van der Waals surface area contributed by atoms with Crippen LogP contribution in [0.1, 0.15) is 38.2 Å². The molecule has 3 aromatic carbocycles. The third-order valence-electron chi connectivity index (χ3n) is 7.07. The number of aliphatic imine (C=N–C) groups is 1. The fraction of sp³-hybridized carbons (Fsp3) is 0.125. The molecular weight excluding hydrogens is 523 g/mol. The maximum atomic E-state index is 15.3. The van der Waals surface area contributed by atoms with Gasteiger partial charge in [-0.05, 0) is 55.3 Å².